The van der Waals surface area contributed by atoms with Gasteiger partial charge in [-0.1, -0.05) is 23.7 Å². The van der Waals surface area contributed by atoms with Gasteiger partial charge in [0.05, 0.1) is 21.7 Å². The van der Waals surface area contributed by atoms with Gasteiger partial charge in [-0.2, -0.15) is 4.52 Å². The van der Waals surface area contributed by atoms with Crippen molar-refractivity contribution >= 4 is 34.1 Å². The number of pyridine rings is 1. The van der Waals surface area contributed by atoms with E-state index in [0.29, 0.717) is 21.7 Å². The molecule has 0 unspecified atom stereocenters. The molecule has 1 N–H and O–H groups in total. The van der Waals surface area contributed by atoms with Gasteiger partial charge in [-0.05, 0) is 43.3 Å². The lowest BCUT2D eigenvalue weighted by Gasteiger charge is -2.19. The number of nitrogens with one attached hydrogen (secondary N) is 1. The number of carbonyl (C=O) groups is 1. The molecule has 3 aromatic rings. The average Bonchev–Trinajstić information content (AvgIpc) is 2.92. The molecule has 0 atom stereocenters. The molecule has 0 aliphatic heterocycles. The molecule has 8 heteroatoms. The van der Waals surface area contributed by atoms with Gasteiger partial charge < -0.3 is 0 Å². The van der Waals surface area contributed by atoms with Crippen molar-refractivity contribution in [3.63, 3.8) is 0 Å². The van der Waals surface area contributed by atoms with E-state index in [1.165, 1.54) is 4.52 Å². The number of hydrogen-bond donors (Lipinski definition) is 1. The minimum Gasteiger partial charge on any atom is -0.268 e. The molecule has 1 amide bonds. The third-order valence-electron chi connectivity index (χ3n) is 2.93. The number of hydroxylamine groups is 1. The second-order valence-electron chi connectivity index (χ2n) is 5.80. The molecule has 0 radical (unpaired) electrons. The van der Waals surface area contributed by atoms with Crippen LogP contribution in [-0.2, 0) is 4.84 Å². The molecule has 2 aromatic heterocycles. The van der Waals surface area contributed by atoms with Gasteiger partial charge >= 0.3 is 0 Å². The number of para-hydroxylation sites is 1. The van der Waals surface area contributed by atoms with Crippen molar-refractivity contribution in [2.24, 2.45) is 0 Å². The summed E-state index contributed by atoms with van der Waals surface area (Å²) in [5.74, 6) is -0.420. The van der Waals surface area contributed by atoms with E-state index in [9.17, 15) is 4.79 Å². The maximum Gasteiger partial charge on any atom is 0.278 e. The largest absolute Gasteiger partial charge is 0.278 e. The summed E-state index contributed by atoms with van der Waals surface area (Å²) in [7, 11) is 0. The maximum atomic E-state index is 12.4. The van der Waals surface area contributed by atoms with E-state index in [0.717, 1.165) is 5.39 Å². The van der Waals surface area contributed by atoms with Crippen LogP contribution in [0.1, 0.15) is 31.1 Å². The van der Waals surface area contributed by atoms with E-state index in [1.54, 1.807) is 18.2 Å². The number of rotatable bonds is 2. The Bertz CT molecular complexity index is 869. The molecule has 3 rings (SSSR count). The molecule has 114 valence electrons. The van der Waals surface area contributed by atoms with E-state index in [2.05, 4.69) is 21.0 Å². The zero-order chi connectivity index (χ0) is 15.9. The van der Waals surface area contributed by atoms with E-state index >= 15 is 0 Å². The van der Waals surface area contributed by atoms with Gasteiger partial charge in [0.25, 0.3) is 5.91 Å². The Balaban J connectivity index is 2.13. The highest BCUT2D eigenvalue weighted by atomic mass is 35.5. The molecule has 7 nitrogen and oxygen atoms in total. The van der Waals surface area contributed by atoms with Crippen molar-refractivity contribution in [2.45, 2.75) is 26.4 Å². The maximum absolute atomic E-state index is 12.4. The topological polar surface area (TPSA) is 81.4 Å². The highest BCUT2D eigenvalue weighted by molar-refractivity contribution is 6.35. The molecule has 1 aromatic carbocycles. The number of aromatic nitrogens is 4. The fourth-order valence-corrected chi connectivity index (χ4v) is 2.28. The highest BCUT2D eigenvalue weighted by Crippen LogP contribution is 2.25. The third kappa shape index (κ3) is 2.60. The lowest BCUT2D eigenvalue weighted by molar-refractivity contribution is -0.0589. The van der Waals surface area contributed by atoms with Crippen LogP contribution < -0.4 is 5.48 Å². The van der Waals surface area contributed by atoms with Crippen molar-refractivity contribution in [1.82, 2.24) is 25.5 Å². The predicted molar refractivity (Wildman–Crippen MR) is 81.6 cm³/mol. The van der Waals surface area contributed by atoms with Crippen molar-refractivity contribution < 1.29 is 9.63 Å². The average molecular weight is 320 g/mol. The van der Waals surface area contributed by atoms with Gasteiger partial charge in [0.1, 0.15) is 0 Å². The standard InChI is InChI=1S/C14H14ClN5O2/c1-14(2,3)22-17-13(21)9-7-8-5-4-6-10(15)11(8)20-12(9)16-18-19-20/h4-7H,1-3H3,(H,17,21). The molecule has 0 spiro atoms. The highest BCUT2D eigenvalue weighted by Gasteiger charge is 2.19. The Kier molecular flexibility index (Phi) is 3.46. The number of nitrogens with zero attached hydrogens (tertiary/aromatic N) is 4. The van der Waals surface area contributed by atoms with Crippen LogP contribution >= 0.6 is 11.6 Å². The Morgan fingerprint density at radius 1 is 1.36 bits per heavy atom. The molecule has 22 heavy (non-hydrogen) atoms. The lowest BCUT2D eigenvalue weighted by Crippen LogP contribution is -2.33. The Morgan fingerprint density at radius 2 is 2.14 bits per heavy atom. The lowest BCUT2D eigenvalue weighted by atomic mass is 10.1. The number of amides is 1. The zero-order valence-electron chi connectivity index (χ0n) is 12.3. The molecular weight excluding hydrogens is 306 g/mol. The predicted octanol–water partition coefficient (Wildman–Crippen LogP) is 2.39. The fourth-order valence-electron chi connectivity index (χ4n) is 2.02. The van der Waals surface area contributed by atoms with Gasteiger partial charge in [-0.15, -0.1) is 5.10 Å². The number of hydrogen-bond acceptors (Lipinski definition) is 5. The first-order chi connectivity index (χ1) is 10.4. The first-order valence-corrected chi connectivity index (χ1v) is 7.02. The van der Waals surface area contributed by atoms with Crippen molar-refractivity contribution in [3.8, 4) is 0 Å². The number of tetrazole rings is 1. The summed E-state index contributed by atoms with van der Waals surface area (Å²) in [6, 6.07) is 7.07. The number of carbonyl (C=O) groups excluding carboxylic acids is 1. The van der Waals surface area contributed by atoms with Gasteiger partial charge in [0, 0.05) is 5.39 Å². The molecular formula is C14H14ClN5O2. The quantitative estimate of drug-likeness (QED) is 0.733. The van der Waals surface area contributed by atoms with Gasteiger partial charge in [0.15, 0.2) is 5.65 Å². The van der Waals surface area contributed by atoms with E-state index in [-0.39, 0.29) is 0 Å². The third-order valence-corrected chi connectivity index (χ3v) is 3.24. The second-order valence-corrected chi connectivity index (χ2v) is 6.20. The van der Waals surface area contributed by atoms with Crippen LogP contribution in [0.5, 0.6) is 0 Å². The molecule has 0 saturated heterocycles. The van der Waals surface area contributed by atoms with E-state index in [1.807, 2.05) is 26.8 Å². The molecule has 2 heterocycles. The summed E-state index contributed by atoms with van der Waals surface area (Å²) in [5.41, 5.74) is 3.19. The fraction of sp³-hybridized carbons (Fsp3) is 0.286. The molecule has 0 aliphatic carbocycles. The van der Waals surface area contributed by atoms with Crippen molar-refractivity contribution in [3.05, 3.63) is 34.9 Å². The zero-order valence-corrected chi connectivity index (χ0v) is 13.0. The number of halogens is 1. The molecule has 0 bridgehead atoms. The van der Waals surface area contributed by atoms with Gasteiger partial charge in [-0.25, -0.2) is 5.48 Å². The van der Waals surface area contributed by atoms with Crippen LogP contribution in [0.2, 0.25) is 5.02 Å². The van der Waals surface area contributed by atoms with Crippen LogP contribution in [0, 0.1) is 0 Å². The van der Waals surface area contributed by atoms with Crippen LogP contribution in [0.3, 0.4) is 0 Å². The van der Waals surface area contributed by atoms with Gasteiger partial charge in [-0.3, -0.25) is 9.63 Å². The van der Waals surface area contributed by atoms with Crippen molar-refractivity contribution in [1.29, 1.82) is 0 Å². The molecule has 0 saturated carbocycles. The summed E-state index contributed by atoms with van der Waals surface area (Å²) >= 11 is 6.20. The summed E-state index contributed by atoms with van der Waals surface area (Å²) < 4.78 is 1.45. The Morgan fingerprint density at radius 3 is 2.86 bits per heavy atom. The van der Waals surface area contributed by atoms with Crippen LogP contribution in [0.15, 0.2) is 24.3 Å². The summed E-state index contributed by atoms with van der Waals surface area (Å²) in [6.07, 6.45) is 0. The van der Waals surface area contributed by atoms with Crippen LogP contribution in [-0.4, -0.2) is 31.5 Å². The van der Waals surface area contributed by atoms with Crippen LogP contribution in [0.25, 0.3) is 16.6 Å². The number of benzene rings is 1. The number of fused-ring (bicyclic) bond motifs is 3. The summed E-state index contributed by atoms with van der Waals surface area (Å²) in [5, 5.41) is 12.7. The molecule has 0 aliphatic rings. The first-order valence-electron chi connectivity index (χ1n) is 6.64. The monoisotopic (exact) mass is 319 g/mol. The van der Waals surface area contributed by atoms with Crippen LogP contribution in [0.4, 0.5) is 0 Å². The molecule has 0 fully saturated rings. The first kappa shape index (κ1) is 14.7. The van der Waals surface area contributed by atoms with Crippen molar-refractivity contribution in [2.75, 3.05) is 0 Å². The van der Waals surface area contributed by atoms with E-state index < -0.39 is 11.5 Å². The smallest absolute Gasteiger partial charge is 0.268 e. The van der Waals surface area contributed by atoms with E-state index in [4.69, 9.17) is 16.4 Å². The second kappa shape index (κ2) is 5.19. The minimum atomic E-state index is -0.502. The Labute approximate surface area is 131 Å². The summed E-state index contributed by atoms with van der Waals surface area (Å²) in [4.78, 5) is 17.7. The normalized spacial score (nSPS) is 12.0. The Hall–Kier alpha value is -2.25. The SMILES string of the molecule is CC(C)(C)ONC(=O)c1cc2cccc(Cl)c2n2nnnc12. The minimum absolute atomic E-state index is 0.309. The van der Waals surface area contributed by atoms with Gasteiger partial charge in [0.2, 0.25) is 0 Å². The summed E-state index contributed by atoms with van der Waals surface area (Å²) in [6.45, 7) is 5.50.